The zero-order chi connectivity index (χ0) is 8.81. The smallest absolute Gasteiger partial charge is 0.132 e. The van der Waals surface area contributed by atoms with Crippen molar-refractivity contribution in [3.05, 3.63) is 32.4 Å². The van der Waals surface area contributed by atoms with E-state index in [4.69, 9.17) is 0 Å². The molecule has 4 nitrogen and oxygen atoms in total. The van der Waals surface area contributed by atoms with Gasteiger partial charge in [0.05, 0.1) is 12.7 Å². The van der Waals surface area contributed by atoms with Crippen molar-refractivity contribution in [2.24, 2.45) is 0 Å². The van der Waals surface area contributed by atoms with Crippen molar-refractivity contribution in [2.75, 3.05) is 0 Å². The standard InChI is InChI=1S/C3H2I2N2.C3H4N2/c4-2-3(5)7-1-6-2;1-2-5-3-4-1/h1H,(H,6,7);1-3H,(H,4,5). The molecule has 0 saturated heterocycles. The summed E-state index contributed by atoms with van der Waals surface area (Å²) in [5, 5.41) is 0. The fourth-order valence-electron chi connectivity index (χ4n) is 0.477. The summed E-state index contributed by atoms with van der Waals surface area (Å²) >= 11 is 4.36. The molecule has 64 valence electrons. The number of aromatic amines is 2. The first kappa shape index (κ1) is 9.96. The molecule has 0 radical (unpaired) electrons. The minimum atomic E-state index is 1.04. The fraction of sp³-hybridized carbons (Fsp3) is 0. The molecule has 2 aromatic rings. The van der Waals surface area contributed by atoms with Crippen molar-refractivity contribution >= 4 is 45.2 Å². The molecule has 0 spiro atoms. The SMILES string of the molecule is Ic1nc[nH]c1I.c1c[nH]cn1. The van der Waals surface area contributed by atoms with E-state index in [2.05, 4.69) is 65.1 Å². The van der Waals surface area contributed by atoms with Gasteiger partial charge in [-0.1, -0.05) is 0 Å². The van der Waals surface area contributed by atoms with E-state index < -0.39 is 0 Å². The molecule has 2 rings (SSSR count). The monoisotopic (exact) mass is 388 g/mol. The minimum Gasteiger partial charge on any atom is -0.351 e. The molecule has 0 aromatic carbocycles. The minimum absolute atomic E-state index is 1.04. The molecular weight excluding hydrogens is 382 g/mol. The van der Waals surface area contributed by atoms with Crippen LogP contribution in [0.5, 0.6) is 0 Å². The van der Waals surface area contributed by atoms with Gasteiger partial charge in [0.1, 0.15) is 7.40 Å². The fourth-order valence-corrected chi connectivity index (χ4v) is 1.05. The third-order valence-corrected chi connectivity index (χ3v) is 3.63. The van der Waals surface area contributed by atoms with Gasteiger partial charge >= 0.3 is 0 Å². The largest absolute Gasteiger partial charge is 0.351 e. The van der Waals surface area contributed by atoms with Crippen LogP contribution in [0.3, 0.4) is 0 Å². The number of hydrogen-bond acceptors (Lipinski definition) is 2. The summed E-state index contributed by atoms with van der Waals surface area (Å²) in [5.41, 5.74) is 0. The maximum atomic E-state index is 3.94. The highest BCUT2D eigenvalue weighted by Gasteiger charge is 1.92. The highest BCUT2D eigenvalue weighted by Crippen LogP contribution is 2.07. The lowest BCUT2D eigenvalue weighted by Crippen LogP contribution is -1.69. The van der Waals surface area contributed by atoms with Crippen LogP contribution in [0.15, 0.2) is 25.0 Å². The molecule has 0 aliphatic rings. The molecule has 0 unspecified atom stereocenters. The summed E-state index contributed by atoms with van der Waals surface area (Å²) in [4.78, 5) is 13.3. The number of nitrogens with zero attached hydrogens (tertiary/aromatic N) is 2. The Labute approximate surface area is 96.9 Å². The van der Waals surface area contributed by atoms with Crippen molar-refractivity contribution in [3.63, 3.8) is 0 Å². The van der Waals surface area contributed by atoms with E-state index in [1.165, 1.54) is 0 Å². The van der Waals surface area contributed by atoms with Crippen molar-refractivity contribution in [2.45, 2.75) is 0 Å². The lowest BCUT2D eigenvalue weighted by Gasteiger charge is -1.74. The predicted octanol–water partition coefficient (Wildman–Crippen LogP) is 2.03. The van der Waals surface area contributed by atoms with Crippen molar-refractivity contribution in [3.8, 4) is 0 Å². The molecule has 0 fully saturated rings. The van der Waals surface area contributed by atoms with Gasteiger partial charge in [-0.25, -0.2) is 9.97 Å². The van der Waals surface area contributed by atoms with E-state index in [0.717, 1.165) is 7.40 Å². The Morgan fingerprint density at radius 3 is 2.25 bits per heavy atom. The second kappa shape index (κ2) is 5.51. The van der Waals surface area contributed by atoms with Crippen LogP contribution in [0, 0.1) is 7.40 Å². The first-order valence-electron chi connectivity index (χ1n) is 3.08. The lowest BCUT2D eigenvalue weighted by molar-refractivity contribution is 1.29. The van der Waals surface area contributed by atoms with E-state index in [-0.39, 0.29) is 0 Å². The number of aromatic nitrogens is 4. The van der Waals surface area contributed by atoms with Gasteiger partial charge in [0.15, 0.2) is 0 Å². The summed E-state index contributed by atoms with van der Waals surface area (Å²) in [6.45, 7) is 0. The van der Waals surface area contributed by atoms with Crippen LogP contribution in [0.2, 0.25) is 0 Å². The highest BCUT2D eigenvalue weighted by atomic mass is 127. The van der Waals surface area contributed by atoms with Crippen LogP contribution < -0.4 is 0 Å². The molecule has 0 atom stereocenters. The molecule has 2 heterocycles. The van der Waals surface area contributed by atoms with Gasteiger partial charge < -0.3 is 9.97 Å². The first-order valence-corrected chi connectivity index (χ1v) is 5.23. The zero-order valence-corrected chi connectivity index (χ0v) is 10.3. The van der Waals surface area contributed by atoms with Crippen LogP contribution in [-0.2, 0) is 0 Å². The van der Waals surface area contributed by atoms with E-state index in [1.807, 2.05) is 0 Å². The van der Waals surface area contributed by atoms with Crippen molar-refractivity contribution < 1.29 is 0 Å². The lowest BCUT2D eigenvalue weighted by atomic mass is 11.0. The Balaban J connectivity index is 0.000000127. The number of rotatable bonds is 0. The van der Waals surface area contributed by atoms with Gasteiger partial charge in [-0.2, -0.15) is 0 Å². The van der Waals surface area contributed by atoms with E-state index >= 15 is 0 Å². The van der Waals surface area contributed by atoms with Crippen molar-refractivity contribution in [1.29, 1.82) is 0 Å². The molecule has 0 saturated carbocycles. The molecule has 2 N–H and O–H groups in total. The number of halogens is 2. The first-order chi connectivity index (χ1) is 5.80. The predicted molar refractivity (Wildman–Crippen MR) is 62.6 cm³/mol. The van der Waals surface area contributed by atoms with Gasteiger partial charge in [-0.05, 0) is 45.2 Å². The Hall–Kier alpha value is -0.120. The molecule has 6 heteroatoms. The van der Waals surface area contributed by atoms with Crippen LogP contribution in [0.4, 0.5) is 0 Å². The van der Waals surface area contributed by atoms with Crippen LogP contribution in [0.25, 0.3) is 0 Å². The van der Waals surface area contributed by atoms with Crippen LogP contribution >= 0.6 is 45.2 Å². The molecule has 0 aliphatic carbocycles. The maximum absolute atomic E-state index is 3.94. The third kappa shape index (κ3) is 3.52. The Kier molecular flexibility index (Phi) is 4.58. The molecule has 2 aromatic heterocycles. The van der Waals surface area contributed by atoms with Gasteiger partial charge in [0.25, 0.3) is 0 Å². The maximum Gasteiger partial charge on any atom is 0.132 e. The highest BCUT2D eigenvalue weighted by molar-refractivity contribution is 14.1. The average molecular weight is 388 g/mol. The van der Waals surface area contributed by atoms with Gasteiger partial charge in [-0.15, -0.1) is 0 Å². The summed E-state index contributed by atoms with van der Waals surface area (Å²) < 4.78 is 2.15. The summed E-state index contributed by atoms with van der Waals surface area (Å²) in [5.74, 6) is 0. The number of imidazole rings is 2. The summed E-state index contributed by atoms with van der Waals surface area (Å²) in [6.07, 6.45) is 6.77. The quantitative estimate of drug-likeness (QED) is 0.679. The summed E-state index contributed by atoms with van der Waals surface area (Å²) in [7, 11) is 0. The Bertz CT molecular complexity index is 269. The third-order valence-electron chi connectivity index (χ3n) is 0.956. The molecule has 12 heavy (non-hydrogen) atoms. The Morgan fingerprint density at radius 1 is 1.25 bits per heavy atom. The number of hydrogen-bond donors (Lipinski definition) is 2. The zero-order valence-electron chi connectivity index (χ0n) is 5.96. The van der Waals surface area contributed by atoms with E-state index in [0.29, 0.717) is 0 Å². The van der Waals surface area contributed by atoms with E-state index in [9.17, 15) is 0 Å². The van der Waals surface area contributed by atoms with E-state index in [1.54, 1.807) is 25.0 Å². The topological polar surface area (TPSA) is 57.4 Å². The number of H-pyrrole nitrogens is 2. The Morgan fingerprint density at radius 2 is 2.08 bits per heavy atom. The van der Waals surface area contributed by atoms with Crippen molar-refractivity contribution in [1.82, 2.24) is 19.9 Å². The molecule has 0 bridgehead atoms. The normalized spacial score (nSPS) is 8.83. The summed E-state index contributed by atoms with van der Waals surface area (Å²) in [6, 6.07) is 0. The van der Waals surface area contributed by atoms with Gasteiger partial charge in [0, 0.05) is 12.4 Å². The molecule has 0 amide bonds. The van der Waals surface area contributed by atoms with Gasteiger partial charge in [0.2, 0.25) is 0 Å². The van der Waals surface area contributed by atoms with Crippen LogP contribution in [-0.4, -0.2) is 19.9 Å². The molecule has 0 aliphatic heterocycles. The molecular formula is C6H6I2N4. The average Bonchev–Trinajstić information content (AvgIpc) is 2.67. The van der Waals surface area contributed by atoms with Gasteiger partial charge in [-0.3, -0.25) is 0 Å². The number of nitrogens with one attached hydrogen (secondary N) is 2. The second-order valence-corrected chi connectivity index (χ2v) is 3.87. The van der Waals surface area contributed by atoms with Crippen LogP contribution in [0.1, 0.15) is 0 Å². The second-order valence-electron chi connectivity index (χ2n) is 1.77.